The Hall–Kier alpha value is -4.02. The first kappa shape index (κ1) is 39.7. The highest BCUT2D eigenvalue weighted by molar-refractivity contribution is 7.85. The van der Waals surface area contributed by atoms with Gasteiger partial charge in [0.05, 0.1) is 12.1 Å². The molecule has 15 nitrogen and oxygen atoms in total. The number of ether oxygens (including phenoxy) is 2. The summed E-state index contributed by atoms with van der Waals surface area (Å²) in [5, 5.41) is 5.72. The number of hydrogen-bond acceptors (Lipinski definition) is 11. The standard InChI is InChI=1S/C37H49ClN6O9S/c1-35(2,3)52-34(48)39-26-16-12-7-5-6-11-15-24-21-37(24,33(47)43-54(49,50)53-36(4)17-18-36)42-31(45)27-19-25(22-44(27)32(26)46)51-29-20-28(38)40-30(41-29)23-13-9-8-10-14-23/h8-10,13-14,20,24-27H,5-7,11-12,15-19,21-22H2,1-4H3,(H,39,48)(H,42,45)(H,43,47)/t24-,25+,26-,27-,37+/m0/s1. The average molecular weight is 789 g/mol. The fourth-order valence-electron chi connectivity index (χ4n) is 7.12. The number of nitrogens with zero attached hydrogens (tertiary/aromatic N) is 3. The highest BCUT2D eigenvalue weighted by Crippen LogP contribution is 2.48. The maximum atomic E-state index is 14.4. The van der Waals surface area contributed by atoms with Gasteiger partial charge in [-0.2, -0.15) is 13.4 Å². The molecule has 2 saturated heterocycles. The second-order valence-corrected chi connectivity index (χ2v) is 17.7. The van der Waals surface area contributed by atoms with E-state index in [0.717, 1.165) is 25.7 Å². The lowest BCUT2D eigenvalue weighted by atomic mass is 10.0. The molecule has 5 atom stereocenters. The average Bonchev–Trinajstić information content (AvgIpc) is 3.94. The molecule has 0 unspecified atom stereocenters. The summed E-state index contributed by atoms with van der Waals surface area (Å²) in [7, 11) is -4.46. The number of benzene rings is 1. The number of nitrogens with one attached hydrogen (secondary N) is 3. The van der Waals surface area contributed by atoms with Crippen LogP contribution in [0.5, 0.6) is 5.88 Å². The zero-order chi connectivity index (χ0) is 38.9. The lowest BCUT2D eigenvalue weighted by Crippen LogP contribution is -2.58. The minimum atomic E-state index is -4.46. The summed E-state index contributed by atoms with van der Waals surface area (Å²) >= 11 is 6.36. The van der Waals surface area contributed by atoms with Crippen molar-refractivity contribution in [2.24, 2.45) is 5.92 Å². The van der Waals surface area contributed by atoms with E-state index in [9.17, 15) is 27.6 Å². The van der Waals surface area contributed by atoms with Crippen LogP contribution in [0.3, 0.4) is 0 Å². The molecule has 0 bridgehead atoms. The summed E-state index contributed by atoms with van der Waals surface area (Å²) in [5.74, 6) is -1.93. The van der Waals surface area contributed by atoms with Gasteiger partial charge in [-0.15, -0.1) is 0 Å². The second-order valence-electron chi connectivity index (χ2n) is 16.0. The lowest BCUT2D eigenvalue weighted by Gasteiger charge is -2.30. The molecule has 54 heavy (non-hydrogen) atoms. The SMILES string of the molecule is CC(C)(C)OC(=O)N[C@H]1CCCCCCC[C@H]2C[C@@]2(C(=O)NS(=O)(=O)OC2(C)CC2)NC(=O)[C@@H]2C[C@@H](Oc3cc(Cl)nc(-c4ccccc4)n3)CN2C1=O. The summed E-state index contributed by atoms with van der Waals surface area (Å²) < 4.78 is 44.8. The van der Waals surface area contributed by atoms with Gasteiger partial charge in [-0.05, 0) is 65.7 Å². The number of alkyl carbamates (subject to hydrolysis) is 1. The number of amides is 4. The first-order valence-corrected chi connectivity index (χ1v) is 20.4. The summed E-state index contributed by atoms with van der Waals surface area (Å²) in [4.78, 5) is 65.7. The van der Waals surface area contributed by atoms with E-state index in [1.165, 1.54) is 11.0 Å². The van der Waals surface area contributed by atoms with Crippen LogP contribution in [0.15, 0.2) is 36.4 Å². The van der Waals surface area contributed by atoms with Gasteiger partial charge in [0.15, 0.2) is 5.82 Å². The second kappa shape index (κ2) is 15.6. The van der Waals surface area contributed by atoms with E-state index in [0.29, 0.717) is 43.5 Å². The van der Waals surface area contributed by atoms with Crippen molar-refractivity contribution in [1.29, 1.82) is 0 Å². The highest BCUT2D eigenvalue weighted by atomic mass is 35.5. The third-order valence-electron chi connectivity index (χ3n) is 10.2. The summed E-state index contributed by atoms with van der Waals surface area (Å²) in [5.41, 5.74) is -2.50. The topological polar surface area (TPSA) is 195 Å². The molecular formula is C37H49ClN6O9S. The third kappa shape index (κ3) is 9.99. The van der Waals surface area contributed by atoms with Gasteiger partial charge in [-0.1, -0.05) is 74.0 Å². The first-order chi connectivity index (χ1) is 25.4. The Balaban J connectivity index is 1.28. The molecule has 1 aromatic heterocycles. The van der Waals surface area contributed by atoms with Crippen molar-refractivity contribution >= 4 is 45.7 Å². The Bertz CT molecular complexity index is 1860. The number of fused-ring (bicyclic) bond motifs is 2. The molecule has 1 aromatic carbocycles. The summed E-state index contributed by atoms with van der Waals surface area (Å²) in [6.45, 7) is 6.74. The minimum absolute atomic E-state index is 0.00114. The molecule has 2 aromatic rings. The fourth-order valence-corrected chi connectivity index (χ4v) is 8.44. The molecule has 17 heteroatoms. The molecule has 6 rings (SSSR count). The monoisotopic (exact) mass is 788 g/mol. The fraction of sp³-hybridized carbons (Fsp3) is 0.622. The Morgan fingerprint density at radius 1 is 1.02 bits per heavy atom. The molecule has 4 amide bonds. The van der Waals surface area contributed by atoms with Crippen molar-refractivity contribution in [3.05, 3.63) is 41.6 Å². The predicted octanol–water partition coefficient (Wildman–Crippen LogP) is 4.59. The molecule has 0 spiro atoms. The maximum Gasteiger partial charge on any atom is 0.408 e. The van der Waals surface area contributed by atoms with Gasteiger partial charge in [0, 0.05) is 18.1 Å². The lowest BCUT2D eigenvalue weighted by molar-refractivity contribution is -0.141. The number of halogens is 1. The van der Waals surface area contributed by atoms with Crippen molar-refractivity contribution in [1.82, 2.24) is 30.2 Å². The molecule has 2 aliphatic carbocycles. The van der Waals surface area contributed by atoms with E-state index in [-0.39, 0.29) is 36.3 Å². The molecule has 4 aliphatic rings. The number of carbonyl (C=O) groups excluding carboxylic acids is 4. The highest BCUT2D eigenvalue weighted by Gasteiger charge is 2.62. The van der Waals surface area contributed by atoms with Crippen molar-refractivity contribution in [3.8, 4) is 17.3 Å². The predicted molar refractivity (Wildman–Crippen MR) is 197 cm³/mol. The van der Waals surface area contributed by atoms with Gasteiger partial charge in [-0.3, -0.25) is 14.4 Å². The van der Waals surface area contributed by atoms with Gasteiger partial charge >= 0.3 is 16.4 Å². The van der Waals surface area contributed by atoms with E-state index >= 15 is 0 Å². The number of hydrogen-bond donors (Lipinski definition) is 3. The zero-order valence-corrected chi connectivity index (χ0v) is 32.6. The van der Waals surface area contributed by atoms with Crippen molar-refractivity contribution in [3.63, 3.8) is 0 Å². The molecular weight excluding hydrogens is 740 g/mol. The number of rotatable bonds is 8. The summed E-state index contributed by atoms with van der Waals surface area (Å²) in [6.07, 6.45) is 4.54. The van der Waals surface area contributed by atoms with Crippen LogP contribution in [-0.4, -0.2) is 88.6 Å². The molecule has 2 aliphatic heterocycles. The molecule has 0 radical (unpaired) electrons. The van der Waals surface area contributed by atoms with E-state index in [1.807, 2.05) is 30.3 Å². The van der Waals surface area contributed by atoms with Crippen molar-refractivity contribution in [2.45, 2.75) is 133 Å². The minimum Gasteiger partial charge on any atom is -0.472 e. The van der Waals surface area contributed by atoms with Crippen molar-refractivity contribution < 1.29 is 41.3 Å². The summed E-state index contributed by atoms with van der Waals surface area (Å²) in [6, 6.07) is 8.45. The van der Waals surface area contributed by atoms with Crippen LogP contribution < -0.4 is 20.1 Å². The smallest absolute Gasteiger partial charge is 0.408 e. The van der Waals surface area contributed by atoms with E-state index in [4.69, 9.17) is 25.3 Å². The molecule has 294 valence electrons. The van der Waals surface area contributed by atoms with Crippen LogP contribution in [0.1, 0.15) is 98.3 Å². The number of carbonyl (C=O) groups is 4. The largest absolute Gasteiger partial charge is 0.472 e. The quantitative estimate of drug-likeness (QED) is 0.317. The Morgan fingerprint density at radius 2 is 1.70 bits per heavy atom. The molecule has 3 heterocycles. The van der Waals surface area contributed by atoms with Crippen LogP contribution in [0.2, 0.25) is 5.15 Å². The van der Waals surface area contributed by atoms with Crippen LogP contribution >= 0.6 is 11.6 Å². The van der Waals surface area contributed by atoms with Crippen LogP contribution in [0.4, 0.5) is 4.79 Å². The third-order valence-corrected chi connectivity index (χ3v) is 11.5. The van der Waals surface area contributed by atoms with Crippen LogP contribution in [-0.2, 0) is 33.6 Å². The van der Waals surface area contributed by atoms with Crippen molar-refractivity contribution in [2.75, 3.05) is 6.54 Å². The van der Waals surface area contributed by atoms with E-state index in [2.05, 4.69) is 25.3 Å². The van der Waals surface area contributed by atoms with E-state index in [1.54, 1.807) is 27.7 Å². The number of aromatic nitrogens is 2. The van der Waals surface area contributed by atoms with Crippen LogP contribution in [0.25, 0.3) is 11.4 Å². The van der Waals surface area contributed by atoms with Gasteiger partial charge in [-0.25, -0.2) is 18.7 Å². The Labute approximate surface area is 320 Å². The van der Waals surface area contributed by atoms with Gasteiger partial charge in [0.2, 0.25) is 17.7 Å². The van der Waals surface area contributed by atoms with E-state index < -0.39 is 69.0 Å². The van der Waals surface area contributed by atoms with Gasteiger partial charge in [0.25, 0.3) is 5.91 Å². The molecule has 2 saturated carbocycles. The molecule has 4 fully saturated rings. The normalized spacial score (nSPS) is 27.2. The van der Waals surface area contributed by atoms with Gasteiger partial charge in [0.1, 0.15) is 34.5 Å². The van der Waals surface area contributed by atoms with Crippen LogP contribution in [0, 0.1) is 5.92 Å². The zero-order valence-electron chi connectivity index (χ0n) is 31.1. The Morgan fingerprint density at radius 3 is 2.39 bits per heavy atom. The Kier molecular flexibility index (Phi) is 11.5. The molecule has 3 N–H and O–H groups in total. The first-order valence-electron chi connectivity index (χ1n) is 18.6. The van der Waals surface area contributed by atoms with Gasteiger partial charge < -0.3 is 25.0 Å². The maximum absolute atomic E-state index is 14.4.